The summed E-state index contributed by atoms with van der Waals surface area (Å²) in [5.74, 6) is 1.18. The largest absolute Gasteiger partial charge is 0.480 e. The predicted octanol–water partition coefficient (Wildman–Crippen LogP) is 4.98. The van der Waals surface area contributed by atoms with Gasteiger partial charge in [0.25, 0.3) is 0 Å². The average molecular weight is 396 g/mol. The van der Waals surface area contributed by atoms with Crippen LogP contribution in [0, 0.1) is 5.82 Å². The normalized spacial score (nSPS) is 19.2. The minimum absolute atomic E-state index is 0.273. The molecule has 1 N–H and O–H groups in total. The number of hydrogen-bond donors (Lipinski definition) is 1. The molecule has 2 aliphatic rings. The first-order valence-electron chi connectivity index (χ1n) is 9.76. The molecule has 30 heavy (non-hydrogen) atoms. The molecule has 2 aliphatic heterocycles. The lowest BCUT2D eigenvalue weighted by atomic mass is 9.84. The highest BCUT2D eigenvalue weighted by Gasteiger charge is 2.40. The molecule has 0 saturated carbocycles. The van der Waals surface area contributed by atoms with Gasteiger partial charge in [-0.1, -0.05) is 54.6 Å². The van der Waals surface area contributed by atoms with Crippen LogP contribution >= 0.6 is 0 Å². The Labute approximate surface area is 172 Å². The fourth-order valence-corrected chi connectivity index (χ4v) is 4.29. The van der Waals surface area contributed by atoms with E-state index in [2.05, 4.69) is 27.5 Å². The molecule has 0 saturated heterocycles. The Kier molecular flexibility index (Phi) is 3.71. The van der Waals surface area contributed by atoms with Crippen LogP contribution in [-0.2, 0) is 0 Å². The summed E-state index contributed by atoms with van der Waals surface area (Å²) in [4.78, 5) is 4.40. The Balaban J connectivity index is 1.63. The van der Waals surface area contributed by atoms with E-state index in [-0.39, 0.29) is 18.0 Å². The molecule has 0 amide bonds. The van der Waals surface area contributed by atoms with Crippen molar-refractivity contribution in [3.05, 3.63) is 113 Å². The second-order valence-corrected chi connectivity index (χ2v) is 7.34. The lowest BCUT2D eigenvalue weighted by Crippen LogP contribution is -2.32. The molecule has 0 radical (unpaired) electrons. The molecular weight excluding hydrogens is 379 g/mol. The predicted molar refractivity (Wildman–Crippen MR) is 111 cm³/mol. The summed E-state index contributed by atoms with van der Waals surface area (Å²) in [6.45, 7) is 0. The molecule has 3 heterocycles. The van der Waals surface area contributed by atoms with E-state index in [0.29, 0.717) is 5.95 Å². The monoisotopic (exact) mass is 396 g/mol. The van der Waals surface area contributed by atoms with E-state index in [1.54, 1.807) is 12.1 Å². The van der Waals surface area contributed by atoms with Crippen molar-refractivity contribution in [2.45, 2.75) is 12.1 Å². The van der Waals surface area contributed by atoms with Gasteiger partial charge in [0.15, 0.2) is 0 Å². The molecule has 0 bridgehead atoms. The van der Waals surface area contributed by atoms with Crippen molar-refractivity contribution >= 4 is 11.6 Å². The maximum Gasteiger partial charge on any atom is 0.226 e. The van der Waals surface area contributed by atoms with Gasteiger partial charge in [0, 0.05) is 11.1 Å². The van der Waals surface area contributed by atoms with Gasteiger partial charge >= 0.3 is 0 Å². The van der Waals surface area contributed by atoms with Crippen LogP contribution in [0.4, 0.5) is 10.3 Å². The van der Waals surface area contributed by atoms with E-state index >= 15 is 0 Å². The number of ether oxygens (including phenoxy) is 1. The standard InChI is InChI=1S/C24H17FN4O/c25-17-12-10-15(11-13-17)22-20-21(28-24-26-14-27-29(22)24)18-8-4-5-9-19(18)30-23(20)16-6-2-1-3-7-16/h1-14,22-23H,(H,26,27,28)/t22-,23-/m1/s1. The van der Waals surface area contributed by atoms with Gasteiger partial charge in [0.2, 0.25) is 5.95 Å². The molecule has 4 aromatic rings. The van der Waals surface area contributed by atoms with Gasteiger partial charge in [-0.25, -0.2) is 9.07 Å². The van der Waals surface area contributed by atoms with Crippen LogP contribution in [0.5, 0.6) is 5.75 Å². The Morgan fingerprint density at radius 2 is 1.63 bits per heavy atom. The summed E-state index contributed by atoms with van der Waals surface area (Å²) < 4.78 is 22.0. The number of para-hydroxylation sites is 1. The minimum Gasteiger partial charge on any atom is -0.480 e. The van der Waals surface area contributed by atoms with E-state index in [0.717, 1.165) is 33.7 Å². The van der Waals surface area contributed by atoms with E-state index < -0.39 is 0 Å². The topological polar surface area (TPSA) is 52.0 Å². The van der Waals surface area contributed by atoms with Crippen molar-refractivity contribution in [3.63, 3.8) is 0 Å². The maximum atomic E-state index is 13.7. The fourth-order valence-electron chi connectivity index (χ4n) is 4.29. The van der Waals surface area contributed by atoms with Crippen molar-refractivity contribution in [2.75, 3.05) is 5.32 Å². The zero-order valence-corrected chi connectivity index (χ0v) is 15.9. The van der Waals surface area contributed by atoms with Crippen molar-refractivity contribution < 1.29 is 9.13 Å². The number of nitrogens with zero attached hydrogens (tertiary/aromatic N) is 3. The first-order chi connectivity index (χ1) is 14.8. The van der Waals surface area contributed by atoms with Gasteiger partial charge in [-0.15, -0.1) is 0 Å². The second kappa shape index (κ2) is 6.56. The molecule has 6 heteroatoms. The Bertz CT molecular complexity index is 1260. The van der Waals surface area contributed by atoms with Crippen molar-refractivity contribution in [2.24, 2.45) is 0 Å². The van der Waals surface area contributed by atoms with Crippen molar-refractivity contribution in [1.29, 1.82) is 0 Å². The Morgan fingerprint density at radius 1 is 0.867 bits per heavy atom. The highest BCUT2D eigenvalue weighted by atomic mass is 19.1. The van der Waals surface area contributed by atoms with E-state index in [1.807, 2.05) is 47.1 Å². The molecule has 6 rings (SSSR count). The quantitative estimate of drug-likeness (QED) is 0.519. The smallest absolute Gasteiger partial charge is 0.226 e. The highest BCUT2D eigenvalue weighted by molar-refractivity contribution is 5.85. The van der Waals surface area contributed by atoms with E-state index in [4.69, 9.17) is 4.74 Å². The van der Waals surface area contributed by atoms with Crippen LogP contribution in [0.25, 0.3) is 5.70 Å². The van der Waals surface area contributed by atoms with Gasteiger partial charge in [0.05, 0.1) is 5.70 Å². The van der Waals surface area contributed by atoms with Crippen LogP contribution < -0.4 is 10.1 Å². The molecule has 0 fully saturated rings. The second-order valence-electron chi connectivity index (χ2n) is 7.34. The Morgan fingerprint density at radius 3 is 2.47 bits per heavy atom. The SMILES string of the molecule is Fc1ccc([C@@H]2C3=C(Nc4ncnn42)c2ccccc2O[C@@H]3c2ccccc2)cc1. The third-order valence-corrected chi connectivity index (χ3v) is 5.61. The molecule has 5 nitrogen and oxygen atoms in total. The highest BCUT2D eigenvalue weighted by Crippen LogP contribution is 2.50. The molecule has 1 aromatic heterocycles. The van der Waals surface area contributed by atoms with Gasteiger partial charge in [-0.05, 0) is 35.4 Å². The Hall–Kier alpha value is -3.93. The van der Waals surface area contributed by atoms with Crippen LogP contribution in [0.15, 0.2) is 90.8 Å². The third kappa shape index (κ3) is 2.54. The summed E-state index contributed by atoms with van der Waals surface area (Å²) >= 11 is 0. The number of rotatable bonds is 2. The first kappa shape index (κ1) is 17.0. The molecule has 2 atom stereocenters. The summed E-state index contributed by atoms with van der Waals surface area (Å²) in [6.07, 6.45) is 1.21. The summed E-state index contributed by atoms with van der Waals surface area (Å²) in [7, 11) is 0. The van der Waals surface area contributed by atoms with Gasteiger partial charge in [-0.2, -0.15) is 10.1 Å². The van der Waals surface area contributed by atoms with Gasteiger partial charge < -0.3 is 10.1 Å². The maximum absolute atomic E-state index is 13.7. The number of fused-ring (bicyclic) bond motifs is 3. The lowest BCUT2D eigenvalue weighted by Gasteiger charge is -2.38. The lowest BCUT2D eigenvalue weighted by molar-refractivity contribution is 0.223. The fraction of sp³-hybridized carbons (Fsp3) is 0.0833. The molecule has 0 spiro atoms. The molecule has 0 aliphatic carbocycles. The number of anilines is 1. The van der Waals surface area contributed by atoms with Gasteiger partial charge in [0.1, 0.15) is 30.0 Å². The summed E-state index contributed by atoms with van der Waals surface area (Å²) in [5, 5.41) is 7.93. The van der Waals surface area contributed by atoms with Gasteiger partial charge in [-0.3, -0.25) is 0 Å². The zero-order valence-electron chi connectivity index (χ0n) is 15.9. The average Bonchev–Trinajstić information content (AvgIpc) is 3.27. The third-order valence-electron chi connectivity index (χ3n) is 5.61. The number of nitrogens with one attached hydrogen (secondary N) is 1. The minimum atomic E-state index is -0.323. The van der Waals surface area contributed by atoms with E-state index in [1.165, 1.54) is 18.5 Å². The van der Waals surface area contributed by atoms with E-state index in [9.17, 15) is 4.39 Å². The van der Waals surface area contributed by atoms with Crippen molar-refractivity contribution in [3.8, 4) is 5.75 Å². The van der Waals surface area contributed by atoms with Crippen LogP contribution in [-0.4, -0.2) is 14.8 Å². The first-order valence-corrected chi connectivity index (χ1v) is 9.76. The molecule has 146 valence electrons. The molecular formula is C24H17FN4O. The number of benzene rings is 3. The molecule has 0 unspecified atom stereocenters. The zero-order chi connectivity index (χ0) is 20.1. The summed E-state index contributed by atoms with van der Waals surface area (Å²) in [6, 6.07) is 24.3. The van der Waals surface area contributed by atoms with Crippen LogP contribution in [0.3, 0.4) is 0 Å². The number of aromatic nitrogens is 3. The van der Waals surface area contributed by atoms with Crippen molar-refractivity contribution in [1.82, 2.24) is 14.8 Å². The number of hydrogen-bond acceptors (Lipinski definition) is 4. The summed E-state index contributed by atoms with van der Waals surface area (Å²) in [5.41, 5.74) is 4.91. The van der Waals surface area contributed by atoms with Crippen LogP contribution in [0.1, 0.15) is 28.8 Å². The van der Waals surface area contributed by atoms with Crippen LogP contribution in [0.2, 0.25) is 0 Å². The molecule has 3 aromatic carbocycles. The number of halogens is 1.